The van der Waals surface area contributed by atoms with Crippen LogP contribution in [-0.4, -0.2) is 76.4 Å². The fourth-order valence-corrected chi connectivity index (χ4v) is 5.63. The van der Waals surface area contributed by atoms with Crippen molar-refractivity contribution in [2.45, 2.75) is 21.7 Å². The van der Waals surface area contributed by atoms with Crippen LogP contribution in [0, 0.1) is 11.8 Å². The Kier molecular flexibility index (Phi) is 14.5. The summed E-state index contributed by atoms with van der Waals surface area (Å²) in [6, 6.07) is 0. The molecule has 0 fully saturated rings. The molecule has 0 bridgehead atoms. The summed E-state index contributed by atoms with van der Waals surface area (Å²) < 4.78 is 0.350. The first-order valence-corrected chi connectivity index (χ1v) is 9.37. The third-order valence-corrected chi connectivity index (χ3v) is 6.78. The van der Waals surface area contributed by atoms with E-state index in [4.69, 9.17) is 20.4 Å². The molecule has 2 radical (unpaired) electrons. The van der Waals surface area contributed by atoms with Gasteiger partial charge in [0.05, 0.1) is 0 Å². The Morgan fingerprint density at radius 3 is 1.19 bits per heavy atom. The molecule has 10 nitrogen and oxygen atoms in total. The van der Waals surface area contributed by atoms with Crippen LogP contribution < -0.4 is 0 Å². The molecule has 2 atom stereocenters. The number of carbonyl (C=O) groups is 4. The van der Waals surface area contributed by atoms with E-state index in [9.17, 15) is 19.2 Å². The summed E-state index contributed by atoms with van der Waals surface area (Å²) in [5.74, 6) is -6.88. The number of hydrogen-bond donors (Lipinski definition) is 4. The second-order valence-electron chi connectivity index (χ2n) is 3.92. The number of hydrogen-bond acceptors (Lipinski definition) is 4. The number of aliphatic carboxylic acids is 4. The van der Waals surface area contributed by atoms with Gasteiger partial charge < -0.3 is 11.0 Å². The summed E-state index contributed by atoms with van der Waals surface area (Å²) in [5.41, 5.74) is 0. The van der Waals surface area contributed by atoms with Crippen LogP contribution >= 0.6 is 0 Å². The minimum atomic E-state index is -1.43. The summed E-state index contributed by atoms with van der Waals surface area (Å²) in [6.07, 6.45) is -0.986. The molecule has 0 spiro atoms. The van der Waals surface area contributed by atoms with Gasteiger partial charge in [-0.25, -0.2) is 0 Å². The second-order valence-corrected chi connectivity index (χ2v) is 7.68. The number of carboxylic acids is 4. The summed E-state index contributed by atoms with van der Waals surface area (Å²) >= 11 is -1.43. The van der Waals surface area contributed by atoms with Crippen LogP contribution in [0.5, 0.6) is 0 Å². The molecule has 0 aromatic carbocycles. The molecule has 0 saturated heterocycles. The molecule has 11 heteroatoms. The zero-order chi connectivity index (χ0) is 15.0. The monoisotopic (exact) mass is 418 g/mol. The SMILES string of the molecule is O.O.O=C(O)CC([CH2][Sn][CH2]C(CC(=O)O)C(=O)O)C(=O)O. The molecular weight excluding hydrogens is 399 g/mol. The van der Waals surface area contributed by atoms with E-state index < -0.39 is 69.7 Å². The van der Waals surface area contributed by atoms with E-state index in [0.29, 0.717) is 0 Å². The fraction of sp³-hybridized carbons (Fsp3) is 0.600. The van der Waals surface area contributed by atoms with Gasteiger partial charge in [-0.15, -0.1) is 0 Å². The van der Waals surface area contributed by atoms with E-state index in [1.807, 2.05) is 0 Å². The Bertz CT molecular complexity index is 335. The van der Waals surface area contributed by atoms with E-state index in [2.05, 4.69) is 0 Å². The Balaban J connectivity index is -0.00000162. The van der Waals surface area contributed by atoms with Gasteiger partial charge in [-0.2, -0.15) is 0 Å². The van der Waals surface area contributed by atoms with Gasteiger partial charge in [0.25, 0.3) is 0 Å². The van der Waals surface area contributed by atoms with Crippen molar-refractivity contribution in [2.24, 2.45) is 11.8 Å². The predicted octanol–water partition coefficient (Wildman–Crippen LogP) is -1.77. The third-order valence-electron chi connectivity index (χ3n) is 2.32. The van der Waals surface area contributed by atoms with Crippen LogP contribution in [0.15, 0.2) is 0 Å². The van der Waals surface area contributed by atoms with E-state index >= 15 is 0 Å². The summed E-state index contributed by atoms with van der Waals surface area (Å²) in [4.78, 5) is 42.4. The van der Waals surface area contributed by atoms with E-state index in [0.717, 1.165) is 0 Å². The molecule has 0 aliphatic carbocycles. The van der Waals surface area contributed by atoms with Crippen molar-refractivity contribution in [3.05, 3.63) is 0 Å². The molecule has 2 unspecified atom stereocenters. The quantitative estimate of drug-likeness (QED) is 0.298. The van der Waals surface area contributed by atoms with E-state index in [1.165, 1.54) is 0 Å². The van der Waals surface area contributed by atoms with Crippen molar-refractivity contribution in [3.8, 4) is 0 Å². The van der Waals surface area contributed by atoms with Crippen molar-refractivity contribution >= 4 is 45.0 Å². The Morgan fingerprint density at radius 1 is 0.714 bits per heavy atom. The number of carboxylic acid groups (broad SMARTS) is 4. The average molecular weight is 417 g/mol. The maximum atomic E-state index is 10.8. The van der Waals surface area contributed by atoms with Crippen molar-refractivity contribution in [3.63, 3.8) is 0 Å². The van der Waals surface area contributed by atoms with Gasteiger partial charge >= 0.3 is 118 Å². The van der Waals surface area contributed by atoms with Gasteiger partial charge in [0.15, 0.2) is 0 Å². The first-order valence-electron chi connectivity index (χ1n) is 5.34. The number of rotatable bonds is 10. The zero-order valence-corrected chi connectivity index (χ0v) is 13.8. The van der Waals surface area contributed by atoms with Gasteiger partial charge in [-0.05, 0) is 0 Å². The van der Waals surface area contributed by atoms with Gasteiger partial charge in [-0.3, -0.25) is 0 Å². The van der Waals surface area contributed by atoms with Crippen molar-refractivity contribution in [1.82, 2.24) is 0 Å². The summed E-state index contributed by atoms with van der Waals surface area (Å²) in [6.45, 7) is 0. The van der Waals surface area contributed by atoms with Gasteiger partial charge in [-0.1, -0.05) is 0 Å². The van der Waals surface area contributed by atoms with E-state index in [-0.39, 0.29) is 19.8 Å². The van der Waals surface area contributed by atoms with Crippen LogP contribution in [-0.2, 0) is 19.2 Å². The normalized spacial score (nSPS) is 12.2. The first-order chi connectivity index (χ1) is 8.73. The van der Waals surface area contributed by atoms with Crippen LogP contribution in [0.4, 0.5) is 0 Å². The molecule has 0 saturated carbocycles. The summed E-state index contributed by atoms with van der Waals surface area (Å²) in [7, 11) is 0. The Hall–Kier alpha value is -1.40. The molecule has 0 aliphatic rings. The molecule has 0 rings (SSSR count). The maximum absolute atomic E-state index is 10.8. The Morgan fingerprint density at radius 2 is 1.00 bits per heavy atom. The third kappa shape index (κ3) is 12.1. The first kappa shape index (κ1) is 24.6. The second kappa shape index (κ2) is 12.3. The molecule has 8 N–H and O–H groups in total. The molecular formula is C10H18O10Sn. The summed E-state index contributed by atoms with van der Waals surface area (Å²) in [5, 5.41) is 34.7. The molecule has 122 valence electrons. The van der Waals surface area contributed by atoms with Crippen LogP contribution in [0.2, 0.25) is 8.87 Å². The van der Waals surface area contributed by atoms with Crippen molar-refractivity contribution in [2.75, 3.05) is 0 Å². The predicted molar refractivity (Wildman–Crippen MR) is 69.4 cm³/mol. The minimum absolute atomic E-state index is 0. The molecule has 0 heterocycles. The molecule has 21 heavy (non-hydrogen) atoms. The topological polar surface area (TPSA) is 212 Å². The average Bonchev–Trinajstić information content (AvgIpc) is 2.24. The van der Waals surface area contributed by atoms with Gasteiger partial charge in [0.2, 0.25) is 0 Å². The molecule has 0 aromatic heterocycles. The van der Waals surface area contributed by atoms with Crippen LogP contribution in [0.1, 0.15) is 12.8 Å². The molecule has 0 amide bonds. The standard InChI is InChI=1S/2C5H7O4.2H2O.Sn/c2*1-3(5(8)9)2-4(6)7;;;/h2*3H,1-2H2,(H,6,7)(H,8,9);2*1H2;. The van der Waals surface area contributed by atoms with Crippen molar-refractivity contribution < 1.29 is 50.6 Å². The van der Waals surface area contributed by atoms with Crippen LogP contribution in [0.3, 0.4) is 0 Å². The zero-order valence-electron chi connectivity index (χ0n) is 10.9. The Labute approximate surface area is 129 Å². The molecule has 0 aliphatic heterocycles. The van der Waals surface area contributed by atoms with E-state index in [1.54, 1.807) is 0 Å². The van der Waals surface area contributed by atoms with Crippen molar-refractivity contribution in [1.29, 1.82) is 0 Å². The van der Waals surface area contributed by atoms with Gasteiger partial charge in [0, 0.05) is 0 Å². The fourth-order valence-electron chi connectivity index (χ4n) is 1.35. The van der Waals surface area contributed by atoms with Crippen LogP contribution in [0.25, 0.3) is 0 Å². The molecule has 0 aromatic rings. The van der Waals surface area contributed by atoms with Gasteiger partial charge in [0.1, 0.15) is 0 Å².